The highest BCUT2D eigenvalue weighted by Gasteiger charge is 2.38. The molecule has 1 amide bonds. The number of nitrogens with two attached hydrogens (primary N) is 1. The highest BCUT2D eigenvalue weighted by Crippen LogP contribution is 2.13. The predicted molar refractivity (Wildman–Crippen MR) is 118 cm³/mol. The average Bonchev–Trinajstić information content (AvgIpc) is 3.13. The molecule has 0 fully saturated rings. The zero-order valence-corrected chi connectivity index (χ0v) is 18.5. The third-order valence-corrected chi connectivity index (χ3v) is 4.18. The van der Waals surface area contributed by atoms with Gasteiger partial charge in [-0.3, -0.25) is 24.1 Å². The summed E-state index contributed by atoms with van der Waals surface area (Å²) in [6, 6.07) is 6.02. The molecule has 11 nitrogen and oxygen atoms in total. The van der Waals surface area contributed by atoms with Gasteiger partial charge in [-0.25, -0.2) is 9.59 Å². The van der Waals surface area contributed by atoms with Crippen LogP contribution in [0, 0.1) is 5.41 Å². The van der Waals surface area contributed by atoms with E-state index in [-0.39, 0.29) is 25.4 Å². The van der Waals surface area contributed by atoms with E-state index >= 15 is 0 Å². The molecular formula is C21H24F3N5O6. The van der Waals surface area contributed by atoms with Crippen LogP contribution in [0.5, 0.6) is 0 Å². The molecule has 2 aromatic rings. The van der Waals surface area contributed by atoms with Crippen LogP contribution < -0.4 is 16.7 Å². The van der Waals surface area contributed by atoms with Gasteiger partial charge in [0.25, 0.3) is 0 Å². The van der Waals surface area contributed by atoms with Crippen LogP contribution in [0.4, 0.5) is 13.2 Å². The van der Waals surface area contributed by atoms with E-state index < -0.39 is 35.8 Å². The quantitative estimate of drug-likeness (QED) is 0.174. The monoisotopic (exact) mass is 499 g/mol. The Morgan fingerprint density at radius 2 is 1.83 bits per heavy atom. The van der Waals surface area contributed by atoms with Gasteiger partial charge < -0.3 is 20.9 Å². The van der Waals surface area contributed by atoms with Crippen molar-refractivity contribution in [1.82, 2.24) is 14.5 Å². The summed E-state index contributed by atoms with van der Waals surface area (Å²) in [7, 11) is 0. The van der Waals surface area contributed by atoms with Crippen LogP contribution in [-0.4, -0.2) is 56.7 Å². The number of carboxylic acids is 1. The van der Waals surface area contributed by atoms with Crippen LogP contribution in [0.15, 0.2) is 54.1 Å². The van der Waals surface area contributed by atoms with Gasteiger partial charge in [-0.15, -0.1) is 6.58 Å². The van der Waals surface area contributed by atoms with Crippen molar-refractivity contribution in [2.75, 3.05) is 6.61 Å². The first-order valence-electron chi connectivity index (χ1n) is 9.90. The molecule has 1 aromatic heterocycles. The molecule has 5 N–H and O–H groups in total. The highest BCUT2D eigenvalue weighted by atomic mass is 19.4. The van der Waals surface area contributed by atoms with Gasteiger partial charge in [-0.1, -0.05) is 6.08 Å². The molecule has 35 heavy (non-hydrogen) atoms. The van der Waals surface area contributed by atoms with Crippen LogP contribution in [0.3, 0.4) is 0 Å². The van der Waals surface area contributed by atoms with Gasteiger partial charge in [0.1, 0.15) is 12.4 Å². The fourth-order valence-electron chi connectivity index (χ4n) is 2.53. The van der Waals surface area contributed by atoms with Crippen LogP contribution in [0.25, 0.3) is 5.69 Å². The number of carbonyl (C=O) groups is 3. The zero-order valence-electron chi connectivity index (χ0n) is 18.5. The minimum atomic E-state index is -5.08. The summed E-state index contributed by atoms with van der Waals surface area (Å²) in [5.41, 5.74) is 6.16. The molecule has 0 aliphatic rings. The number of nitrogens with zero attached hydrogens (tertiary/aromatic N) is 2. The Morgan fingerprint density at radius 1 is 1.26 bits per heavy atom. The van der Waals surface area contributed by atoms with Crippen LogP contribution in [-0.2, 0) is 25.7 Å². The summed E-state index contributed by atoms with van der Waals surface area (Å²) in [6.45, 7) is 5.35. The normalized spacial score (nSPS) is 11.4. The number of hydrogen-bond donors (Lipinski definition) is 4. The summed E-state index contributed by atoms with van der Waals surface area (Å²) in [6.07, 6.45) is -0.627. The van der Waals surface area contributed by atoms with Gasteiger partial charge in [0.15, 0.2) is 0 Å². The summed E-state index contributed by atoms with van der Waals surface area (Å²) in [5, 5.41) is 17.2. The van der Waals surface area contributed by atoms with E-state index in [9.17, 15) is 27.6 Å². The second-order valence-electron chi connectivity index (χ2n) is 6.76. The first kappa shape index (κ1) is 28.7. The topological polar surface area (TPSA) is 169 Å². The molecule has 2 rings (SSSR count). The fraction of sp³-hybridized carbons (Fsp3) is 0.286. The van der Waals surface area contributed by atoms with Crippen LogP contribution in [0.1, 0.15) is 18.9 Å². The highest BCUT2D eigenvalue weighted by molar-refractivity contribution is 5.95. The number of benzene rings is 1. The summed E-state index contributed by atoms with van der Waals surface area (Å²) in [5.74, 6) is -3.69. The third kappa shape index (κ3) is 9.19. The van der Waals surface area contributed by atoms with E-state index in [1.165, 1.54) is 21.4 Å². The second kappa shape index (κ2) is 12.8. The molecule has 0 saturated heterocycles. The molecule has 0 aliphatic heterocycles. The molecule has 14 heteroatoms. The SMILES string of the molecule is C=C[C@H](CC(=O)OCC)NC(=O)Cn1ccn(-c2ccc(C(=N)N)cc2)c1=O.O=C(O)C(F)(F)F. The first-order valence-corrected chi connectivity index (χ1v) is 9.90. The number of imidazole rings is 1. The lowest BCUT2D eigenvalue weighted by molar-refractivity contribution is -0.192. The van der Waals surface area contributed by atoms with Gasteiger partial charge in [0.2, 0.25) is 5.91 Å². The smallest absolute Gasteiger partial charge is 0.475 e. The van der Waals surface area contributed by atoms with Crippen LogP contribution in [0.2, 0.25) is 0 Å². The van der Waals surface area contributed by atoms with Crippen molar-refractivity contribution >= 4 is 23.7 Å². The van der Waals surface area contributed by atoms with Crippen molar-refractivity contribution in [2.45, 2.75) is 32.1 Å². The molecule has 1 heterocycles. The Kier molecular flexibility index (Phi) is 10.5. The first-order chi connectivity index (χ1) is 16.3. The number of alkyl halides is 3. The zero-order chi connectivity index (χ0) is 26.8. The van der Waals surface area contributed by atoms with Crippen LogP contribution >= 0.6 is 0 Å². The number of carboxylic acid groups (broad SMARTS) is 1. The van der Waals surface area contributed by atoms with Crippen molar-refractivity contribution < 1.29 is 37.4 Å². The number of carbonyl (C=O) groups excluding carboxylic acids is 2. The lowest BCUT2D eigenvalue weighted by Gasteiger charge is -2.14. The Bertz CT molecular complexity index is 1120. The van der Waals surface area contributed by atoms with E-state index in [0.29, 0.717) is 11.3 Å². The minimum absolute atomic E-state index is 0.0263. The molecule has 190 valence electrons. The molecule has 1 atom stereocenters. The van der Waals surface area contributed by atoms with Crippen molar-refractivity contribution in [3.05, 3.63) is 65.4 Å². The Labute approximate surface area is 197 Å². The minimum Gasteiger partial charge on any atom is -0.475 e. The molecule has 0 unspecified atom stereocenters. The van der Waals surface area contributed by atoms with Crippen molar-refractivity contribution in [3.8, 4) is 5.69 Å². The molecule has 1 aromatic carbocycles. The summed E-state index contributed by atoms with van der Waals surface area (Å²) < 4.78 is 39.2. The molecule has 0 spiro atoms. The number of halogens is 3. The third-order valence-electron chi connectivity index (χ3n) is 4.18. The summed E-state index contributed by atoms with van der Waals surface area (Å²) in [4.78, 5) is 45.2. The summed E-state index contributed by atoms with van der Waals surface area (Å²) >= 11 is 0. The number of nitrogens with one attached hydrogen (secondary N) is 2. The largest absolute Gasteiger partial charge is 0.490 e. The Balaban J connectivity index is 0.000000762. The number of esters is 1. The molecule has 0 aliphatic carbocycles. The van der Waals surface area contributed by atoms with E-state index in [2.05, 4.69) is 11.9 Å². The number of amides is 1. The van der Waals surface area contributed by atoms with Gasteiger partial charge in [-0.2, -0.15) is 13.2 Å². The Hall–Kier alpha value is -4.36. The van der Waals surface area contributed by atoms with Gasteiger partial charge in [0.05, 0.1) is 24.8 Å². The van der Waals surface area contributed by atoms with Crippen molar-refractivity contribution in [1.29, 1.82) is 5.41 Å². The maximum absolute atomic E-state index is 12.5. The molecule has 0 saturated carbocycles. The average molecular weight is 499 g/mol. The molecule has 0 radical (unpaired) electrons. The standard InChI is InChI=1S/C19H23N5O4.C2HF3O2/c1-3-14(11-17(26)28-4-2)22-16(25)12-23-9-10-24(19(23)27)15-7-5-13(6-8-15)18(20)21;3-2(4,5)1(6)7/h3,5-10,14H,1,4,11-12H2,2H3,(H3,20,21)(H,22,25);(H,6,7)/t14-;/m1./s1. The lowest BCUT2D eigenvalue weighted by atomic mass is 10.2. The maximum atomic E-state index is 12.5. The fourth-order valence-corrected chi connectivity index (χ4v) is 2.53. The lowest BCUT2D eigenvalue weighted by Crippen LogP contribution is -2.39. The molecular weight excluding hydrogens is 475 g/mol. The molecule has 0 bridgehead atoms. The maximum Gasteiger partial charge on any atom is 0.490 e. The van der Waals surface area contributed by atoms with Gasteiger partial charge >= 0.3 is 23.8 Å². The van der Waals surface area contributed by atoms with Crippen molar-refractivity contribution in [3.63, 3.8) is 0 Å². The predicted octanol–water partition coefficient (Wildman–Crippen LogP) is 1.18. The van der Waals surface area contributed by atoms with Crippen molar-refractivity contribution in [2.24, 2.45) is 5.73 Å². The Morgan fingerprint density at radius 3 is 2.29 bits per heavy atom. The number of ether oxygens (including phenoxy) is 1. The van der Waals surface area contributed by atoms with E-state index in [0.717, 1.165) is 0 Å². The van der Waals surface area contributed by atoms with Gasteiger partial charge in [0, 0.05) is 18.0 Å². The number of hydrogen-bond acceptors (Lipinski definition) is 6. The van der Waals surface area contributed by atoms with E-state index in [1.807, 2.05) is 0 Å². The number of nitrogen functional groups attached to an aromatic ring is 1. The number of aromatic nitrogens is 2. The number of rotatable bonds is 9. The van der Waals surface area contributed by atoms with Gasteiger partial charge in [-0.05, 0) is 31.2 Å². The second-order valence-corrected chi connectivity index (χ2v) is 6.76. The van der Waals surface area contributed by atoms with E-state index in [1.54, 1.807) is 37.4 Å². The van der Waals surface area contributed by atoms with E-state index in [4.69, 9.17) is 25.8 Å². The number of amidine groups is 1. The number of aliphatic carboxylic acids is 1.